The number of hydrogen-bond acceptors (Lipinski definition) is 2. The van der Waals surface area contributed by atoms with E-state index in [1.165, 1.54) is 28.6 Å². The van der Waals surface area contributed by atoms with Crippen LogP contribution < -0.4 is 5.56 Å². The second-order valence-electron chi connectivity index (χ2n) is 6.32. The van der Waals surface area contributed by atoms with Crippen LogP contribution in [0.4, 0.5) is 4.39 Å². The van der Waals surface area contributed by atoms with Crippen LogP contribution in [0.2, 0.25) is 0 Å². The normalized spacial score (nSPS) is 18.8. The molecule has 1 unspecified atom stereocenters. The molecule has 0 spiro atoms. The molecular weight excluding hydrogens is 293 g/mol. The van der Waals surface area contributed by atoms with Gasteiger partial charge in [-0.05, 0) is 37.1 Å². The van der Waals surface area contributed by atoms with Crippen molar-refractivity contribution < 1.29 is 4.39 Å². The smallest absolute Gasteiger partial charge is 0.272 e. The zero-order chi connectivity index (χ0) is 16.0. The van der Waals surface area contributed by atoms with Crippen molar-refractivity contribution in [2.24, 2.45) is 0 Å². The minimum Gasteiger partial charge on any atom is -0.319 e. The van der Waals surface area contributed by atoms with E-state index >= 15 is 0 Å². The number of aromatic nitrogens is 2. The van der Waals surface area contributed by atoms with Crippen molar-refractivity contribution >= 4 is 5.52 Å². The van der Waals surface area contributed by atoms with Crippen molar-refractivity contribution in [3.05, 3.63) is 64.5 Å². The lowest BCUT2D eigenvalue weighted by molar-refractivity contribution is 0.411. The second-order valence-corrected chi connectivity index (χ2v) is 6.32. The van der Waals surface area contributed by atoms with Gasteiger partial charge in [0.05, 0.1) is 5.69 Å². The van der Waals surface area contributed by atoms with Crippen LogP contribution in [0, 0.1) is 5.82 Å². The van der Waals surface area contributed by atoms with E-state index in [1.54, 1.807) is 6.20 Å². The fourth-order valence-corrected chi connectivity index (χ4v) is 3.38. The maximum Gasteiger partial charge on any atom is 0.272 e. The van der Waals surface area contributed by atoms with Gasteiger partial charge in [0, 0.05) is 25.0 Å². The third-order valence-corrected chi connectivity index (χ3v) is 4.65. The minimum absolute atomic E-state index is 0.284. The van der Waals surface area contributed by atoms with Gasteiger partial charge < -0.3 is 14.3 Å². The molecule has 0 saturated carbocycles. The van der Waals surface area contributed by atoms with Crippen molar-refractivity contribution in [3.63, 3.8) is 0 Å². The summed E-state index contributed by atoms with van der Waals surface area (Å²) < 4.78 is 14.8. The van der Waals surface area contributed by atoms with Gasteiger partial charge in [-0.3, -0.25) is 4.79 Å². The molecule has 1 atom stereocenters. The van der Waals surface area contributed by atoms with Crippen LogP contribution in [-0.4, -0.2) is 34.4 Å². The molecule has 0 aliphatic carbocycles. The summed E-state index contributed by atoms with van der Waals surface area (Å²) in [6.45, 7) is 2.22. The largest absolute Gasteiger partial charge is 0.319 e. The van der Waals surface area contributed by atoms with Crippen LogP contribution in [0.25, 0.3) is 16.8 Å². The number of rotatable bonds is 2. The molecule has 1 aromatic carbocycles. The summed E-state index contributed by atoms with van der Waals surface area (Å²) in [6, 6.07) is 9.52. The van der Waals surface area contributed by atoms with Gasteiger partial charge in [-0.2, -0.15) is 0 Å². The van der Waals surface area contributed by atoms with Crippen LogP contribution in [0.5, 0.6) is 0 Å². The Kier molecular flexibility index (Phi) is 3.31. The van der Waals surface area contributed by atoms with Crippen molar-refractivity contribution in [3.8, 4) is 11.3 Å². The summed E-state index contributed by atoms with van der Waals surface area (Å²) in [5.41, 5.74) is 2.97. The average molecular weight is 311 g/mol. The first-order valence-corrected chi connectivity index (χ1v) is 7.79. The van der Waals surface area contributed by atoms with E-state index in [-0.39, 0.29) is 5.56 Å². The number of nitrogens with zero attached hydrogens (tertiary/aromatic N) is 2. The Balaban J connectivity index is 1.69. The van der Waals surface area contributed by atoms with Crippen molar-refractivity contribution in [2.75, 3.05) is 20.1 Å². The molecular formula is C18H18FN3O. The molecule has 1 saturated heterocycles. The fraction of sp³-hybridized carbons (Fsp3) is 0.278. The molecule has 3 heterocycles. The van der Waals surface area contributed by atoms with E-state index in [4.69, 9.17) is 0 Å². The Bertz CT molecular complexity index is 910. The molecule has 1 aliphatic rings. The van der Waals surface area contributed by atoms with Crippen LogP contribution in [0.3, 0.4) is 0 Å². The monoisotopic (exact) mass is 311 g/mol. The Morgan fingerprint density at radius 3 is 2.70 bits per heavy atom. The molecule has 1 N–H and O–H groups in total. The molecule has 2 aromatic heterocycles. The van der Waals surface area contributed by atoms with Gasteiger partial charge >= 0.3 is 0 Å². The van der Waals surface area contributed by atoms with Gasteiger partial charge in [0.2, 0.25) is 0 Å². The topological polar surface area (TPSA) is 40.5 Å². The predicted molar refractivity (Wildman–Crippen MR) is 88.3 cm³/mol. The first kappa shape index (κ1) is 14.2. The highest BCUT2D eigenvalue weighted by atomic mass is 19.1. The maximum absolute atomic E-state index is 13.3. The highest BCUT2D eigenvalue weighted by Gasteiger charge is 2.20. The molecule has 1 fully saturated rings. The number of hydrogen-bond donors (Lipinski definition) is 1. The lowest BCUT2D eigenvalue weighted by Gasteiger charge is -2.11. The van der Waals surface area contributed by atoms with Gasteiger partial charge in [0.1, 0.15) is 11.3 Å². The molecule has 0 bridgehead atoms. The number of likely N-dealkylation sites (N-methyl/N-ethyl adjacent to an activating group) is 1. The lowest BCUT2D eigenvalue weighted by atomic mass is 9.97. The van der Waals surface area contributed by atoms with E-state index in [2.05, 4.69) is 29.1 Å². The van der Waals surface area contributed by atoms with Crippen LogP contribution in [0.1, 0.15) is 17.9 Å². The number of fused-ring (bicyclic) bond motifs is 1. The quantitative estimate of drug-likeness (QED) is 0.790. The molecule has 1 aliphatic heterocycles. The maximum atomic E-state index is 13.3. The standard InChI is InChI=1S/C18H18FN3O/c1-21-7-6-14(9-21)12-2-4-13(5-3-12)16-11-22-10-15(19)8-17(22)18(23)20-16/h2-5,8,10-11,14H,6-7,9H2,1H3,(H,20,23). The number of halogens is 1. The summed E-state index contributed by atoms with van der Waals surface area (Å²) in [6.07, 6.45) is 4.25. The summed E-state index contributed by atoms with van der Waals surface area (Å²) in [4.78, 5) is 17.2. The fourth-order valence-electron chi connectivity index (χ4n) is 3.38. The average Bonchev–Trinajstić information content (AvgIpc) is 3.13. The van der Waals surface area contributed by atoms with E-state index in [9.17, 15) is 9.18 Å². The molecule has 23 heavy (non-hydrogen) atoms. The third kappa shape index (κ3) is 2.57. The molecule has 4 nitrogen and oxygen atoms in total. The zero-order valence-corrected chi connectivity index (χ0v) is 12.9. The Hall–Kier alpha value is -2.40. The van der Waals surface area contributed by atoms with E-state index in [1.807, 2.05) is 12.1 Å². The Morgan fingerprint density at radius 2 is 2.00 bits per heavy atom. The SMILES string of the molecule is CN1CCC(c2ccc(-c3cn4cc(F)cc4c(=O)[nH]3)cc2)C1. The highest BCUT2D eigenvalue weighted by molar-refractivity contribution is 5.61. The minimum atomic E-state index is -0.409. The van der Waals surface area contributed by atoms with Crippen LogP contribution >= 0.6 is 0 Å². The van der Waals surface area contributed by atoms with Crippen LogP contribution in [0.15, 0.2) is 47.5 Å². The second kappa shape index (κ2) is 5.35. The summed E-state index contributed by atoms with van der Waals surface area (Å²) in [5.74, 6) is 0.169. The molecule has 0 radical (unpaired) electrons. The number of likely N-dealkylation sites (tertiary alicyclic amines) is 1. The molecule has 0 amide bonds. The van der Waals surface area contributed by atoms with E-state index in [0.29, 0.717) is 17.1 Å². The third-order valence-electron chi connectivity index (χ3n) is 4.65. The van der Waals surface area contributed by atoms with E-state index < -0.39 is 5.82 Å². The van der Waals surface area contributed by atoms with Crippen molar-refractivity contribution in [1.29, 1.82) is 0 Å². The number of H-pyrrole nitrogens is 1. The zero-order valence-electron chi connectivity index (χ0n) is 12.9. The molecule has 4 rings (SSSR count). The first-order chi connectivity index (χ1) is 11.1. The van der Waals surface area contributed by atoms with Crippen LogP contribution in [-0.2, 0) is 0 Å². The van der Waals surface area contributed by atoms with Crippen molar-refractivity contribution in [2.45, 2.75) is 12.3 Å². The van der Waals surface area contributed by atoms with E-state index in [0.717, 1.165) is 18.7 Å². The number of aromatic amines is 1. The number of nitrogens with one attached hydrogen (secondary N) is 1. The number of benzene rings is 1. The summed E-state index contributed by atoms with van der Waals surface area (Å²) >= 11 is 0. The van der Waals surface area contributed by atoms with Gasteiger partial charge in [0.15, 0.2) is 0 Å². The predicted octanol–water partition coefficient (Wildman–Crippen LogP) is 2.85. The van der Waals surface area contributed by atoms with Gasteiger partial charge in [-0.1, -0.05) is 24.3 Å². The lowest BCUT2D eigenvalue weighted by Crippen LogP contribution is -2.13. The van der Waals surface area contributed by atoms with Gasteiger partial charge in [-0.15, -0.1) is 0 Å². The summed E-state index contributed by atoms with van der Waals surface area (Å²) in [7, 11) is 2.14. The Morgan fingerprint density at radius 1 is 1.22 bits per heavy atom. The van der Waals surface area contributed by atoms with Gasteiger partial charge in [0.25, 0.3) is 5.56 Å². The summed E-state index contributed by atoms with van der Waals surface area (Å²) in [5, 5.41) is 0. The first-order valence-electron chi connectivity index (χ1n) is 7.79. The Labute approximate surface area is 133 Å². The molecule has 118 valence electrons. The van der Waals surface area contributed by atoms with Gasteiger partial charge in [-0.25, -0.2) is 4.39 Å². The highest BCUT2D eigenvalue weighted by Crippen LogP contribution is 2.28. The molecule has 3 aromatic rings. The molecule has 5 heteroatoms. The van der Waals surface area contributed by atoms with Crippen molar-refractivity contribution in [1.82, 2.24) is 14.3 Å².